The third-order valence-electron chi connectivity index (χ3n) is 5.62. The Bertz CT molecular complexity index is 1370. The second kappa shape index (κ2) is 11.7. The highest BCUT2D eigenvalue weighted by Gasteiger charge is 2.22. The van der Waals surface area contributed by atoms with E-state index in [1.807, 2.05) is 54.0 Å². The number of aromatic nitrogens is 3. The molecule has 4 rings (SSSR count). The molecule has 0 aliphatic carbocycles. The lowest BCUT2D eigenvalue weighted by Gasteiger charge is -2.17. The Labute approximate surface area is 219 Å². The lowest BCUT2D eigenvalue weighted by molar-refractivity contribution is -0.113. The van der Waals surface area contributed by atoms with Crippen molar-refractivity contribution in [2.24, 2.45) is 0 Å². The summed E-state index contributed by atoms with van der Waals surface area (Å²) in [4.78, 5) is 23.8. The van der Waals surface area contributed by atoms with Gasteiger partial charge in [-0.05, 0) is 60.9 Å². The smallest absolute Gasteiger partial charge is 0.335 e. The molecule has 0 radical (unpaired) electrons. The van der Waals surface area contributed by atoms with Crippen molar-refractivity contribution in [1.82, 2.24) is 14.8 Å². The third-order valence-corrected chi connectivity index (χ3v) is 6.55. The number of para-hydroxylation sites is 1. The van der Waals surface area contributed by atoms with Crippen LogP contribution in [0.3, 0.4) is 0 Å². The molecule has 0 fully saturated rings. The zero-order valence-electron chi connectivity index (χ0n) is 20.8. The minimum atomic E-state index is -1.05. The van der Waals surface area contributed by atoms with E-state index in [-0.39, 0.29) is 17.2 Å². The number of carbonyl (C=O) groups excluding carboxylic acids is 1. The van der Waals surface area contributed by atoms with Crippen LogP contribution in [0.15, 0.2) is 84.0 Å². The number of thioether (sulfide) groups is 1. The van der Waals surface area contributed by atoms with Crippen LogP contribution in [0.4, 0.5) is 5.69 Å². The zero-order valence-corrected chi connectivity index (χ0v) is 21.6. The zero-order chi connectivity index (χ0) is 26.4. The number of carboxylic acids is 1. The molecule has 4 aromatic rings. The fourth-order valence-electron chi connectivity index (χ4n) is 3.70. The van der Waals surface area contributed by atoms with E-state index < -0.39 is 12.1 Å². The van der Waals surface area contributed by atoms with Gasteiger partial charge in [0.1, 0.15) is 5.75 Å². The molecule has 190 valence electrons. The minimum absolute atomic E-state index is 0.0637. The van der Waals surface area contributed by atoms with Crippen molar-refractivity contribution < 1.29 is 19.4 Å². The summed E-state index contributed by atoms with van der Waals surface area (Å²) >= 11 is 1.23. The summed E-state index contributed by atoms with van der Waals surface area (Å²) in [6.07, 6.45) is -0.403. The molecule has 9 heteroatoms. The normalized spacial score (nSPS) is 11.8. The van der Waals surface area contributed by atoms with Crippen LogP contribution in [0.1, 0.15) is 54.5 Å². The van der Waals surface area contributed by atoms with Crippen molar-refractivity contribution in [2.45, 2.75) is 37.9 Å². The number of nitrogens with zero attached hydrogens (tertiary/aromatic N) is 3. The molecular formula is C28H28N4O4S. The first-order chi connectivity index (χ1) is 17.8. The highest BCUT2D eigenvalue weighted by molar-refractivity contribution is 7.99. The maximum absolute atomic E-state index is 12.6. The summed E-state index contributed by atoms with van der Waals surface area (Å²) in [5.74, 6) is 0.500. The van der Waals surface area contributed by atoms with E-state index in [0.717, 1.165) is 11.4 Å². The number of hydrogen-bond acceptors (Lipinski definition) is 6. The Morgan fingerprint density at radius 2 is 1.70 bits per heavy atom. The van der Waals surface area contributed by atoms with Gasteiger partial charge in [-0.1, -0.05) is 62.0 Å². The Balaban J connectivity index is 1.51. The monoisotopic (exact) mass is 516 g/mol. The van der Waals surface area contributed by atoms with E-state index in [1.165, 1.54) is 29.5 Å². The summed E-state index contributed by atoms with van der Waals surface area (Å²) in [7, 11) is 0. The summed E-state index contributed by atoms with van der Waals surface area (Å²) < 4.78 is 8.07. The van der Waals surface area contributed by atoms with Crippen LogP contribution in [0.5, 0.6) is 5.75 Å². The van der Waals surface area contributed by atoms with Gasteiger partial charge in [-0.25, -0.2) is 4.79 Å². The summed E-state index contributed by atoms with van der Waals surface area (Å²) in [6, 6.07) is 23.8. The van der Waals surface area contributed by atoms with Gasteiger partial charge in [-0.2, -0.15) is 0 Å². The number of carbonyl (C=O) groups is 2. The standard InChI is InChI=1S/C28H28N4O4S/c1-18(2)20-12-14-24(15-13-20)36-19(3)26-30-31-28(32(26)23-10-5-4-6-11-23)37-17-25(33)29-22-9-7-8-21(16-22)27(34)35/h4-16,18-19H,17H2,1-3H3,(H,29,33)(H,34,35). The largest absolute Gasteiger partial charge is 0.483 e. The average Bonchev–Trinajstić information content (AvgIpc) is 3.32. The van der Waals surface area contributed by atoms with Crippen molar-refractivity contribution in [2.75, 3.05) is 11.1 Å². The number of carboxylic acid groups (broad SMARTS) is 1. The van der Waals surface area contributed by atoms with Gasteiger partial charge in [0.15, 0.2) is 17.1 Å². The Kier molecular flexibility index (Phi) is 8.25. The molecule has 2 N–H and O–H groups in total. The number of rotatable bonds is 10. The topological polar surface area (TPSA) is 106 Å². The molecule has 0 bridgehead atoms. The van der Waals surface area contributed by atoms with Gasteiger partial charge in [0, 0.05) is 11.4 Å². The first-order valence-corrected chi connectivity index (χ1v) is 12.8. The molecule has 8 nitrogen and oxygen atoms in total. The van der Waals surface area contributed by atoms with Crippen LogP contribution >= 0.6 is 11.8 Å². The van der Waals surface area contributed by atoms with E-state index in [4.69, 9.17) is 9.84 Å². The van der Waals surface area contributed by atoms with Crippen molar-refractivity contribution >= 4 is 29.3 Å². The number of amides is 1. The molecule has 1 aromatic heterocycles. The molecule has 0 saturated carbocycles. The fourth-order valence-corrected chi connectivity index (χ4v) is 4.46. The first-order valence-electron chi connectivity index (χ1n) is 11.8. The van der Waals surface area contributed by atoms with Crippen LogP contribution in [-0.4, -0.2) is 37.5 Å². The Morgan fingerprint density at radius 3 is 2.38 bits per heavy atom. The van der Waals surface area contributed by atoms with Gasteiger partial charge < -0.3 is 15.2 Å². The van der Waals surface area contributed by atoms with Crippen LogP contribution in [0.2, 0.25) is 0 Å². The third kappa shape index (κ3) is 6.56. The second-order valence-corrected chi connectivity index (χ2v) is 9.66. The highest BCUT2D eigenvalue weighted by Crippen LogP contribution is 2.28. The van der Waals surface area contributed by atoms with Crippen molar-refractivity contribution in [1.29, 1.82) is 0 Å². The lowest BCUT2D eigenvalue weighted by Crippen LogP contribution is -2.15. The van der Waals surface area contributed by atoms with Gasteiger partial charge in [0.25, 0.3) is 0 Å². The number of nitrogens with one attached hydrogen (secondary N) is 1. The lowest BCUT2D eigenvalue weighted by atomic mass is 10.0. The number of aromatic carboxylic acids is 1. The van der Waals surface area contributed by atoms with Gasteiger partial charge in [-0.3, -0.25) is 9.36 Å². The molecule has 0 saturated heterocycles. The molecule has 0 aliphatic rings. The van der Waals surface area contributed by atoms with E-state index in [1.54, 1.807) is 12.1 Å². The summed E-state index contributed by atoms with van der Waals surface area (Å²) in [6.45, 7) is 6.21. The second-order valence-electron chi connectivity index (χ2n) is 8.72. The van der Waals surface area contributed by atoms with Crippen molar-refractivity contribution in [3.63, 3.8) is 0 Å². The minimum Gasteiger partial charge on any atom is -0.483 e. The van der Waals surface area contributed by atoms with Crippen LogP contribution < -0.4 is 10.1 Å². The molecule has 1 atom stereocenters. The molecule has 1 amide bonds. The van der Waals surface area contributed by atoms with Gasteiger partial charge >= 0.3 is 5.97 Å². The molecular weight excluding hydrogens is 488 g/mol. The van der Waals surface area contributed by atoms with E-state index in [2.05, 4.69) is 41.5 Å². The molecule has 0 aliphatic heterocycles. The van der Waals surface area contributed by atoms with Crippen molar-refractivity contribution in [3.05, 3.63) is 95.8 Å². The maximum atomic E-state index is 12.6. The van der Waals surface area contributed by atoms with Crippen LogP contribution in [-0.2, 0) is 4.79 Å². The van der Waals surface area contributed by atoms with E-state index >= 15 is 0 Å². The highest BCUT2D eigenvalue weighted by atomic mass is 32.2. The summed E-state index contributed by atoms with van der Waals surface area (Å²) in [5, 5.41) is 21.2. The average molecular weight is 517 g/mol. The maximum Gasteiger partial charge on any atom is 0.335 e. The molecule has 3 aromatic carbocycles. The Morgan fingerprint density at radius 1 is 0.973 bits per heavy atom. The fraction of sp³-hybridized carbons (Fsp3) is 0.214. The van der Waals surface area contributed by atoms with Crippen LogP contribution in [0.25, 0.3) is 5.69 Å². The molecule has 0 spiro atoms. The summed E-state index contributed by atoms with van der Waals surface area (Å²) in [5.41, 5.74) is 2.61. The predicted molar refractivity (Wildman–Crippen MR) is 144 cm³/mol. The van der Waals surface area contributed by atoms with E-state index in [0.29, 0.717) is 22.6 Å². The van der Waals surface area contributed by atoms with Gasteiger partial charge in [-0.15, -0.1) is 10.2 Å². The van der Waals surface area contributed by atoms with Crippen molar-refractivity contribution in [3.8, 4) is 11.4 Å². The predicted octanol–water partition coefficient (Wildman–Crippen LogP) is 5.96. The molecule has 37 heavy (non-hydrogen) atoms. The van der Waals surface area contributed by atoms with Crippen LogP contribution in [0, 0.1) is 0 Å². The first kappa shape index (κ1) is 26.0. The number of hydrogen-bond donors (Lipinski definition) is 2. The number of benzene rings is 3. The van der Waals surface area contributed by atoms with E-state index in [9.17, 15) is 9.59 Å². The Hall–Kier alpha value is -4.11. The quantitative estimate of drug-likeness (QED) is 0.251. The number of anilines is 1. The SMILES string of the molecule is CC(C)c1ccc(OC(C)c2nnc(SCC(=O)Nc3cccc(C(=O)O)c3)n2-c2ccccc2)cc1. The molecule has 1 heterocycles. The number of ether oxygens (including phenoxy) is 1. The van der Waals surface area contributed by atoms with Gasteiger partial charge in [0.05, 0.1) is 11.3 Å². The van der Waals surface area contributed by atoms with Gasteiger partial charge in [0.2, 0.25) is 5.91 Å². The molecule has 1 unspecified atom stereocenters.